The number of piperidine rings is 1. The van der Waals surface area contributed by atoms with Crippen LogP contribution in [0.5, 0.6) is 0 Å². The Bertz CT molecular complexity index is 1250. The van der Waals surface area contributed by atoms with Gasteiger partial charge in [-0.2, -0.15) is 0 Å². The molecular weight excluding hydrogens is 400 g/mol. The second-order valence-electron chi connectivity index (χ2n) is 8.61. The highest BCUT2D eigenvalue weighted by Gasteiger charge is 2.40. The minimum Gasteiger partial charge on any atom is -0.356 e. The van der Waals surface area contributed by atoms with Crippen LogP contribution in [0.4, 0.5) is 5.82 Å². The third-order valence-corrected chi connectivity index (χ3v) is 6.57. The van der Waals surface area contributed by atoms with Crippen LogP contribution in [0.3, 0.4) is 0 Å². The highest BCUT2D eigenvalue weighted by molar-refractivity contribution is 6.02. The summed E-state index contributed by atoms with van der Waals surface area (Å²) in [5.41, 5.74) is 5.56. The Morgan fingerprint density at radius 3 is 2.44 bits per heavy atom. The van der Waals surface area contributed by atoms with Crippen LogP contribution >= 0.6 is 0 Å². The first-order valence-corrected chi connectivity index (χ1v) is 11.2. The Morgan fingerprint density at radius 1 is 0.906 bits per heavy atom. The van der Waals surface area contributed by atoms with E-state index in [0.717, 1.165) is 59.6 Å². The topological polar surface area (TPSA) is 52.4 Å². The molecule has 6 rings (SSSR count). The number of fused-ring (bicyclic) bond motifs is 1. The molecule has 0 N–H and O–H groups in total. The number of rotatable bonds is 3. The van der Waals surface area contributed by atoms with E-state index in [1.165, 1.54) is 5.56 Å². The lowest BCUT2D eigenvalue weighted by atomic mass is 10.0. The van der Waals surface area contributed by atoms with Gasteiger partial charge >= 0.3 is 0 Å². The highest BCUT2D eigenvalue weighted by atomic mass is 16.7. The summed E-state index contributed by atoms with van der Waals surface area (Å²) in [5.74, 6) is 0.575. The van der Waals surface area contributed by atoms with Crippen LogP contribution in [0.25, 0.3) is 27.8 Å². The number of hydrogen-bond donors (Lipinski definition) is 0. The van der Waals surface area contributed by atoms with E-state index in [1.54, 1.807) is 6.33 Å². The quantitative estimate of drug-likeness (QED) is 0.474. The van der Waals surface area contributed by atoms with Crippen LogP contribution in [0.15, 0.2) is 67.1 Å². The van der Waals surface area contributed by atoms with Crippen LogP contribution in [-0.4, -0.2) is 46.6 Å². The summed E-state index contributed by atoms with van der Waals surface area (Å²) in [7, 11) is 0. The molecule has 0 aliphatic carbocycles. The number of aromatic nitrogens is 3. The highest BCUT2D eigenvalue weighted by Crippen LogP contribution is 2.39. The average Bonchev–Trinajstić information content (AvgIpc) is 3.45. The summed E-state index contributed by atoms with van der Waals surface area (Å²) in [6, 6.07) is 19.0. The molecule has 162 valence electrons. The molecule has 2 aromatic carbocycles. The van der Waals surface area contributed by atoms with E-state index >= 15 is 0 Å². The summed E-state index contributed by atoms with van der Waals surface area (Å²) in [6.07, 6.45) is 5.57. The van der Waals surface area contributed by atoms with E-state index < -0.39 is 5.79 Å². The monoisotopic (exact) mass is 426 g/mol. The van der Waals surface area contributed by atoms with Crippen molar-refractivity contribution in [1.29, 1.82) is 0 Å². The standard InChI is InChI=1S/C26H26N4O2/c1-19-6-5-9-21(16-19)30-17-22(20-7-3-2-4-8-20)23-24(27-18-28-25(23)30)29-12-10-26(11-13-29)31-14-15-32-26/h2-9,16-18H,10-15H2,1H3. The van der Waals surface area contributed by atoms with Crippen molar-refractivity contribution in [3.63, 3.8) is 0 Å². The Hall–Kier alpha value is -3.22. The number of ether oxygens (including phenoxy) is 2. The van der Waals surface area contributed by atoms with Gasteiger partial charge in [0.1, 0.15) is 12.1 Å². The van der Waals surface area contributed by atoms with E-state index in [1.807, 2.05) is 6.07 Å². The number of aryl methyl sites for hydroxylation is 1. The van der Waals surface area contributed by atoms with E-state index in [9.17, 15) is 0 Å². The van der Waals surface area contributed by atoms with Crippen LogP contribution in [0.1, 0.15) is 18.4 Å². The average molecular weight is 427 g/mol. The third-order valence-electron chi connectivity index (χ3n) is 6.57. The summed E-state index contributed by atoms with van der Waals surface area (Å²) in [5, 5.41) is 1.09. The van der Waals surface area contributed by atoms with E-state index in [4.69, 9.17) is 19.4 Å². The molecule has 1 spiro atoms. The van der Waals surface area contributed by atoms with Gasteiger partial charge in [0.05, 0.1) is 18.6 Å². The maximum Gasteiger partial charge on any atom is 0.171 e. The van der Waals surface area contributed by atoms with Crippen molar-refractivity contribution < 1.29 is 9.47 Å². The fourth-order valence-electron chi connectivity index (χ4n) is 4.94. The predicted octanol–water partition coefficient (Wildman–Crippen LogP) is 4.74. The number of hydrogen-bond acceptors (Lipinski definition) is 5. The summed E-state index contributed by atoms with van der Waals surface area (Å²) in [4.78, 5) is 11.9. The zero-order chi connectivity index (χ0) is 21.5. The number of anilines is 1. The molecule has 0 radical (unpaired) electrons. The molecule has 0 saturated carbocycles. The molecule has 6 nitrogen and oxygen atoms in total. The van der Waals surface area contributed by atoms with Crippen LogP contribution < -0.4 is 4.90 Å². The largest absolute Gasteiger partial charge is 0.356 e. The second-order valence-corrected chi connectivity index (χ2v) is 8.61. The minimum atomic E-state index is -0.404. The van der Waals surface area contributed by atoms with Gasteiger partial charge in [0.25, 0.3) is 0 Å². The molecule has 6 heteroatoms. The first-order chi connectivity index (χ1) is 15.7. The maximum absolute atomic E-state index is 5.93. The summed E-state index contributed by atoms with van der Waals surface area (Å²) >= 11 is 0. The van der Waals surface area contributed by atoms with Gasteiger partial charge in [0.2, 0.25) is 0 Å². The lowest BCUT2D eigenvalue weighted by Gasteiger charge is -2.38. The fourth-order valence-corrected chi connectivity index (χ4v) is 4.94. The molecule has 2 fully saturated rings. The third kappa shape index (κ3) is 3.27. The molecule has 32 heavy (non-hydrogen) atoms. The van der Waals surface area contributed by atoms with E-state index in [-0.39, 0.29) is 0 Å². The first-order valence-electron chi connectivity index (χ1n) is 11.2. The molecule has 2 saturated heterocycles. The Kier molecular flexibility index (Phi) is 4.70. The molecule has 4 aromatic rings. The van der Waals surface area contributed by atoms with Gasteiger partial charge in [-0.15, -0.1) is 0 Å². The van der Waals surface area contributed by atoms with Gasteiger partial charge in [-0.05, 0) is 30.2 Å². The van der Waals surface area contributed by atoms with Crippen molar-refractivity contribution in [2.24, 2.45) is 0 Å². The van der Waals surface area contributed by atoms with Crippen LogP contribution in [0.2, 0.25) is 0 Å². The molecule has 0 amide bonds. The molecule has 0 bridgehead atoms. The zero-order valence-corrected chi connectivity index (χ0v) is 18.2. The Labute approximate surface area is 187 Å². The lowest BCUT2D eigenvalue weighted by molar-refractivity contribution is -0.169. The van der Waals surface area contributed by atoms with Gasteiger partial charge in [0.15, 0.2) is 11.4 Å². The predicted molar refractivity (Wildman–Crippen MR) is 125 cm³/mol. The van der Waals surface area contributed by atoms with Crippen molar-refractivity contribution in [3.05, 3.63) is 72.7 Å². The van der Waals surface area contributed by atoms with E-state index in [0.29, 0.717) is 13.2 Å². The SMILES string of the molecule is Cc1cccc(-n2cc(-c3ccccc3)c3c(N4CCC5(CC4)OCCO5)ncnc32)c1. The van der Waals surface area contributed by atoms with Gasteiger partial charge in [-0.3, -0.25) is 0 Å². The molecular formula is C26H26N4O2. The minimum absolute atomic E-state index is 0.404. The smallest absolute Gasteiger partial charge is 0.171 e. The molecule has 0 unspecified atom stereocenters. The van der Waals surface area contributed by atoms with Crippen molar-refractivity contribution in [3.8, 4) is 16.8 Å². The number of nitrogens with zero attached hydrogens (tertiary/aromatic N) is 4. The van der Waals surface area contributed by atoms with E-state index in [2.05, 4.69) is 71.1 Å². The molecule has 4 heterocycles. The fraction of sp³-hybridized carbons (Fsp3) is 0.308. The van der Waals surface area contributed by atoms with Crippen LogP contribution in [-0.2, 0) is 9.47 Å². The normalized spacial score (nSPS) is 18.0. The first kappa shape index (κ1) is 19.5. The van der Waals surface area contributed by atoms with Crippen molar-refractivity contribution in [1.82, 2.24) is 14.5 Å². The second kappa shape index (κ2) is 7.73. The molecule has 2 aliphatic heterocycles. The molecule has 0 atom stereocenters. The Morgan fingerprint density at radius 2 is 1.69 bits per heavy atom. The summed E-state index contributed by atoms with van der Waals surface area (Å²) < 4.78 is 14.1. The van der Waals surface area contributed by atoms with Gasteiger partial charge in [-0.1, -0.05) is 42.5 Å². The van der Waals surface area contributed by atoms with Gasteiger partial charge in [-0.25, -0.2) is 9.97 Å². The maximum atomic E-state index is 5.93. The lowest BCUT2D eigenvalue weighted by Crippen LogP contribution is -2.45. The van der Waals surface area contributed by atoms with Crippen molar-refractivity contribution >= 4 is 16.9 Å². The zero-order valence-electron chi connectivity index (χ0n) is 18.2. The summed E-state index contributed by atoms with van der Waals surface area (Å²) in [6.45, 7) is 5.18. The van der Waals surface area contributed by atoms with Gasteiger partial charge in [0, 0.05) is 43.4 Å². The van der Waals surface area contributed by atoms with Crippen molar-refractivity contribution in [2.45, 2.75) is 25.6 Å². The molecule has 2 aromatic heterocycles. The number of benzene rings is 2. The molecule has 2 aliphatic rings. The van der Waals surface area contributed by atoms with Crippen LogP contribution in [0, 0.1) is 6.92 Å². The Balaban J connectivity index is 1.49. The van der Waals surface area contributed by atoms with Crippen molar-refractivity contribution in [2.75, 3.05) is 31.2 Å². The van der Waals surface area contributed by atoms with Gasteiger partial charge < -0.3 is 18.9 Å².